The van der Waals surface area contributed by atoms with E-state index in [1.54, 1.807) is 12.1 Å². The molecule has 1 heterocycles. The molecule has 16 heavy (non-hydrogen) atoms. The lowest BCUT2D eigenvalue weighted by molar-refractivity contribution is 0.452. The van der Waals surface area contributed by atoms with Crippen LogP contribution in [-0.2, 0) is 0 Å². The minimum atomic E-state index is -0.413. The molecule has 0 bridgehead atoms. The number of benzene rings is 1. The fraction of sp³-hybridized carbons (Fsp3) is 0.0909. The largest absolute Gasteiger partial charge is 0.435 e. The van der Waals surface area contributed by atoms with E-state index >= 15 is 0 Å². The molecule has 4 nitrogen and oxygen atoms in total. The van der Waals surface area contributed by atoms with Gasteiger partial charge >= 0.3 is 0 Å². The summed E-state index contributed by atoms with van der Waals surface area (Å²) >= 11 is 0. The molecule has 0 saturated carbocycles. The van der Waals surface area contributed by atoms with Gasteiger partial charge in [-0.1, -0.05) is 0 Å². The molecule has 0 atom stereocenters. The maximum Gasteiger partial charge on any atom is 0.238 e. The van der Waals surface area contributed by atoms with E-state index in [2.05, 4.69) is 10.2 Å². The van der Waals surface area contributed by atoms with Crippen molar-refractivity contribution in [2.75, 3.05) is 5.73 Å². The normalized spacial score (nSPS) is 10.1. The van der Waals surface area contributed by atoms with Gasteiger partial charge in [-0.25, -0.2) is 4.39 Å². The molecule has 0 aliphatic rings. The monoisotopic (exact) mass is 219 g/mol. The second-order valence-electron chi connectivity index (χ2n) is 3.30. The highest BCUT2D eigenvalue weighted by molar-refractivity contribution is 5.53. The van der Waals surface area contributed by atoms with Crippen LogP contribution >= 0.6 is 0 Å². The second-order valence-corrected chi connectivity index (χ2v) is 3.30. The van der Waals surface area contributed by atoms with Crippen molar-refractivity contribution in [3.05, 3.63) is 41.8 Å². The third-order valence-corrected chi connectivity index (χ3v) is 1.96. The molecule has 2 N–H and O–H groups in total. The third kappa shape index (κ3) is 2.25. The first-order valence-electron chi connectivity index (χ1n) is 4.68. The predicted octanol–water partition coefficient (Wildman–Crippen LogP) is 2.30. The molecule has 1 aromatic carbocycles. The predicted molar refractivity (Wildman–Crippen MR) is 57.7 cm³/mol. The van der Waals surface area contributed by atoms with Crippen LogP contribution in [0.5, 0.6) is 11.6 Å². The minimum absolute atomic E-state index is 0.234. The summed E-state index contributed by atoms with van der Waals surface area (Å²) in [6, 6.07) is 7.30. The van der Waals surface area contributed by atoms with Gasteiger partial charge < -0.3 is 10.5 Å². The first kappa shape index (κ1) is 10.4. The average Bonchev–Trinajstić information content (AvgIpc) is 2.27. The number of hydrogen-bond donors (Lipinski definition) is 1. The van der Waals surface area contributed by atoms with Crippen LogP contribution < -0.4 is 10.5 Å². The molecule has 0 radical (unpaired) electrons. The van der Waals surface area contributed by atoms with Crippen LogP contribution in [0, 0.1) is 12.7 Å². The Labute approximate surface area is 91.9 Å². The van der Waals surface area contributed by atoms with Crippen LogP contribution in [0.4, 0.5) is 10.1 Å². The molecule has 1 aromatic heterocycles. The van der Waals surface area contributed by atoms with E-state index in [9.17, 15) is 4.39 Å². The molecule has 0 amide bonds. The van der Waals surface area contributed by atoms with Gasteiger partial charge in [0.25, 0.3) is 0 Å². The summed E-state index contributed by atoms with van der Waals surface area (Å²) in [4.78, 5) is 0. The number of aromatic nitrogens is 2. The Kier molecular flexibility index (Phi) is 2.68. The Morgan fingerprint density at radius 3 is 2.69 bits per heavy atom. The molecule has 2 rings (SSSR count). The first-order chi connectivity index (χ1) is 7.65. The zero-order chi connectivity index (χ0) is 11.5. The standard InChI is InChI=1S/C11H10FN3O/c1-7-2-5-11(15-14-7)16-10-6-8(12)3-4-9(10)13/h2-6H,13H2,1H3. The van der Waals surface area contributed by atoms with Crippen molar-refractivity contribution in [3.8, 4) is 11.6 Å². The maximum absolute atomic E-state index is 12.9. The summed E-state index contributed by atoms with van der Waals surface area (Å²) in [5.74, 6) is 0.102. The van der Waals surface area contributed by atoms with E-state index in [1.807, 2.05) is 6.92 Å². The summed E-state index contributed by atoms with van der Waals surface area (Å²) in [5.41, 5.74) is 6.76. The van der Waals surface area contributed by atoms with Crippen molar-refractivity contribution in [2.45, 2.75) is 6.92 Å². The summed E-state index contributed by atoms with van der Waals surface area (Å²) in [6.07, 6.45) is 0. The third-order valence-electron chi connectivity index (χ3n) is 1.96. The highest BCUT2D eigenvalue weighted by Crippen LogP contribution is 2.26. The van der Waals surface area contributed by atoms with Crippen LogP contribution in [0.2, 0.25) is 0 Å². The van der Waals surface area contributed by atoms with Crippen LogP contribution in [-0.4, -0.2) is 10.2 Å². The number of rotatable bonds is 2. The number of nitrogens with zero attached hydrogens (tertiary/aromatic N) is 2. The molecule has 0 saturated heterocycles. The fourth-order valence-corrected chi connectivity index (χ4v) is 1.15. The zero-order valence-corrected chi connectivity index (χ0v) is 8.64. The lowest BCUT2D eigenvalue weighted by Crippen LogP contribution is -1.96. The van der Waals surface area contributed by atoms with Crippen molar-refractivity contribution < 1.29 is 9.13 Å². The number of aryl methyl sites for hydroxylation is 1. The Hall–Kier alpha value is -2.17. The molecule has 82 valence electrons. The average molecular weight is 219 g/mol. The number of ether oxygens (including phenoxy) is 1. The molecular weight excluding hydrogens is 209 g/mol. The lowest BCUT2D eigenvalue weighted by Gasteiger charge is -2.06. The Balaban J connectivity index is 2.26. The topological polar surface area (TPSA) is 61.0 Å². The zero-order valence-electron chi connectivity index (χ0n) is 8.64. The first-order valence-corrected chi connectivity index (χ1v) is 4.68. The summed E-state index contributed by atoms with van der Waals surface area (Å²) in [5, 5.41) is 7.61. The van der Waals surface area contributed by atoms with Gasteiger partial charge in [0.1, 0.15) is 5.82 Å². The highest BCUT2D eigenvalue weighted by atomic mass is 19.1. The molecule has 0 unspecified atom stereocenters. The van der Waals surface area contributed by atoms with Crippen molar-refractivity contribution >= 4 is 5.69 Å². The lowest BCUT2D eigenvalue weighted by atomic mass is 10.3. The smallest absolute Gasteiger partial charge is 0.238 e. The van der Waals surface area contributed by atoms with Crippen LogP contribution in [0.3, 0.4) is 0 Å². The van der Waals surface area contributed by atoms with Crippen molar-refractivity contribution in [1.29, 1.82) is 0 Å². The van der Waals surface area contributed by atoms with Crippen molar-refractivity contribution in [1.82, 2.24) is 10.2 Å². The summed E-state index contributed by atoms with van der Waals surface area (Å²) < 4.78 is 18.2. The van der Waals surface area contributed by atoms with Gasteiger partial charge in [-0.3, -0.25) is 0 Å². The van der Waals surface area contributed by atoms with Crippen LogP contribution in [0.25, 0.3) is 0 Å². The van der Waals surface area contributed by atoms with Gasteiger partial charge in [0.2, 0.25) is 5.88 Å². The van der Waals surface area contributed by atoms with Gasteiger partial charge in [0.05, 0.1) is 11.4 Å². The molecule has 0 aliphatic heterocycles. The van der Waals surface area contributed by atoms with Crippen molar-refractivity contribution in [2.24, 2.45) is 0 Å². The van der Waals surface area contributed by atoms with E-state index in [4.69, 9.17) is 10.5 Å². The molecule has 0 aliphatic carbocycles. The van der Waals surface area contributed by atoms with E-state index < -0.39 is 5.82 Å². The Bertz CT molecular complexity index is 499. The highest BCUT2D eigenvalue weighted by Gasteiger charge is 2.04. The quantitative estimate of drug-likeness (QED) is 0.787. The molecular formula is C11H10FN3O. The van der Waals surface area contributed by atoms with Gasteiger partial charge in [0.15, 0.2) is 5.75 Å². The number of nitrogen functional groups attached to an aromatic ring is 1. The van der Waals surface area contributed by atoms with Gasteiger partial charge in [-0.2, -0.15) is 5.10 Å². The second kappa shape index (κ2) is 4.14. The van der Waals surface area contributed by atoms with Crippen molar-refractivity contribution in [3.63, 3.8) is 0 Å². The summed E-state index contributed by atoms with van der Waals surface area (Å²) in [7, 11) is 0. The number of halogens is 1. The number of hydrogen-bond acceptors (Lipinski definition) is 4. The van der Waals surface area contributed by atoms with Gasteiger partial charge in [-0.15, -0.1) is 5.10 Å². The minimum Gasteiger partial charge on any atom is -0.435 e. The molecule has 2 aromatic rings. The fourth-order valence-electron chi connectivity index (χ4n) is 1.15. The van der Waals surface area contributed by atoms with E-state index in [0.29, 0.717) is 5.69 Å². The molecule has 0 spiro atoms. The van der Waals surface area contributed by atoms with Gasteiger partial charge in [-0.05, 0) is 25.1 Å². The number of nitrogens with two attached hydrogens (primary N) is 1. The molecule has 0 fully saturated rings. The molecule has 5 heteroatoms. The number of anilines is 1. The van der Waals surface area contributed by atoms with E-state index in [1.165, 1.54) is 18.2 Å². The van der Waals surface area contributed by atoms with E-state index in [-0.39, 0.29) is 11.6 Å². The maximum atomic E-state index is 12.9. The van der Waals surface area contributed by atoms with Gasteiger partial charge in [0, 0.05) is 12.1 Å². The van der Waals surface area contributed by atoms with Crippen LogP contribution in [0.1, 0.15) is 5.69 Å². The Morgan fingerprint density at radius 1 is 1.19 bits per heavy atom. The summed E-state index contributed by atoms with van der Waals surface area (Å²) in [6.45, 7) is 1.81. The Morgan fingerprint density at radius 2 is 2.00 bits per heavy atom. The van der Waals surface area contributed by atoms with Crippen LogP contribution in [0.15, 0.2) is 30.3 Å². The van der Waals surface area contributed by atoms with E-state index in [0.717, 1.165) is 5.69 Å². The SMILES string of the molecule is Cc1ccc(Oc2cc(F)ccc2N)nn1.